The molecule has 0 unspecified atom stereocenters. The van der Waals surface area contributed by atoms with Crippen LogP contribution in [0.2, 0.25) is 0 Å². The van der Waals surface area contributed by atoms with E-state index in [-0.39, 0.29) is 41.1 Å². The molecule has 0 aliphatic heterocycles. The predicted octanol–water partition coefficient (Wildman–Crippen LogP) is 1.21. The van der Waals surface area contributed by atoms with Crippen LogP contribution >= 0.6 is 12.6 Å². The summed E-state index contributed by atoms with van der Waals surface area (Å²) in [4.78, 5) is 7.81. The summed E-state index contributed by atoms with van der Waals surface area (Å²) >= 11 is 3.88. The van der Waals surface area contributed by atoms with Crippen LogP contribution in [0.15, 0.2) is 47.9 Å². The Morgan fingerprint density at radius 1 is 1.06 bits per heavy atom. The van der Waals surface area contributed by atoms with Crippen LogP contribution in [0.1, 0.15) is 0 Å². The molecule has 0 bridgehead atoms. The Kier molecular flexibility index (Phi) is 8.01. The second-order valence-corrected chi connectivity index (χ2v) is 3.06. The molecule has 0 saturated carbocycles. The van der Waals surface area contributed by atoms with E-state index < -0.39 is 0 Å². The van der Waals surface area contributed by atoms with Crippen molar-refractivity contribution >= 4 is 42.2 Å². The van der Waals surface area contributed by atoms with Crippen LogP contribution < -0.4 is 0 Å². The van der Waals surface area contributed by atoms with Gasteiger partial charge in [0, 0.05) is 23.4 Å². The van der Waals surface area contributed by atoms with E-state index in [2.05, 4.69) is 22.6 Å². The van der Waals surface area contributed by atoms with Crippen LogP contribution in [-0.4, -0.2) is 49.7 Å². The maximum absolute atomic E-state index is 8.86. The third kappa shape index (κ3) is 5.97. The van der Waals surface area contributed by atoms with Crippen LogP contribution in [0.4, 0.5) is 0 Å². The molecule has 0 radical (unpaired) electrons. The van der Waals surface area contributed by atoms with Gasteiger partial charge in [-0.15, -0.1) is 12.6 Å². The molecular weight excluding hydrogens is 235 g/mol. The fraction of sp³-hybridized carbons (Fsp3) is 0. The van der Waals surface area contributed by atoms with Gasteiger partial charge in [0.05, 0.1) is 0 Å². The first kappa shape index (κ1) is 15.2. The molecule has 0 saturated heterocycles. The van der Waals surface area contributed by atoms with Crippen LogP contribution in [0, 0.1) is 0 Å². The summed E-state index contributed by atoms with van der Waals surface area (Å²) in [5.74, 6) is 0.0450. The van der Waals surface area contributed by atoms with Gasteiger partial charge >= 0.3 is 29.6 Å². The molecule has 0 atom stereocenters. The summed E-state index contributed by atoms with van der Waals surface area (Å²) in [6.45, 7) is 0. The minimum absolute atomic E-state index is 0. The van der Waals surface area contributed by atoms with Crippen molar-refractivity contribution in [3.8, 4) is 11.5 Å². The van der Waals surface area contributed by atoms with Gasteiger partial charge in [0.15, 0.2) is 0 Å². The molecule has 80 valence electrons. The predicted molar refractivity (Wildman–Crippen MR) is 66.2 cm³/mol. The fourth-order valence-corrected chi connectivity index (χ4v) is 0.904. The van der Waals surface area contributed by atoms with Gasteiger partial charge in [-0.2, -0.15) is 0 Å². The van der Waals surface area contributed by atoms with Gasteiger partial charge in [0.1, 0.15) is 17.8 Å². The number of hydrogen-bond donors (Lipinski definition) is 3. The van der Waals surface area contributed by atoms with E-state index in [1.165, 1.54) is 24.5 Å². The number of nitrogens with zero attached hydrogens (tertiary/aromatic N) is 2. The van der Waals surface area contributed by atoms with E-state index in [0.717, 1.165) is 0 Å². The molecule has 6 heteroatoms. The molecular formula is C10H11N2NaO2S. The quantitative estimate of drug-likeness (QED) is 0.483. The van der Waals surface area contributed by atoms with Gasteiger partial charge in [-0.1, -0.05) is 0 Å². The van der Waals surface area contributed by atoms with Crippen molar-refractivity contribution in [3.63, 3.8) is 0 Å². The number of hydrogen-bond acceptors (Lipinski definition) is 5. The van der Waals surface area contributed by atoms with Crippen molar-refractivity contribution in [2.45, 2.75) is 4.90 Å². The third-order valence-corrected chi connectivity index (χ3v) is 1.81. The largest absolute Gasteiger partial charge is 0.245 e. The number of benzene rings is 1. The molecule has 0 aliphatic carbocycles. The van der Waals surface area contributed by atoms with Gasteiger partial charge in [0.2, 0.25) is 0 Å². The molecule has 0 spiro atoms. The summed E-state index contributed by atoms with van der Waals surface area (Å²) in [7, 11) is 0. The first-order valence-electron chi connectivity index (χ1n) is 4.11. The summed E-state index contributed by atoms with van der Waals surface area (Å²) in [5.41, 5.74) is 0. The Balaban J connectivity index is 0.000000283. The van der Waals surface area contributed by atoms with E-state index >= 15 is 0 Å². The van der Waals surface area contributed by atoms with Gasteiger partial charge in [-0.3, -0.25) is 0 Å². The summed E-state index contributed by atoms with van der Waals surface area (Å²) in [6.07, 6.45) is 4.88. The van der Waals surface area contributed by atoms with Crippen LogP contribution in [0.3, 0.4) is 0 Å². The maximum Gasteiger partial charge on any atom is 0.115 e. The van der Waals surface area contributed by atoms with E-state index in [9.17, 15) is 0 Å². The number of phenolic OH excluding ortho intramolecular Hbond substituents is 2. The number of rotatable bonds is 0. The number of aromatic hydroxyl groups is 2. The molecule has 1 aromatic carbocycles. The van der Waals surface area contributed by atoms with E-state index in [1.54, 1.807) is 18.5 Å². The molecule has 1 aromatic heterocycles. The third-order valence-electron chi connectivity index (χ3n) is 1.44. The molecule has 2 aromatic rings. The average molecular weight is 246 g/mol. The van der Waals surface area contributed by atoms with E-state index in [1.807, 2.05) is 0 Å². The maximum atomic E-state index is 8.86. The van der Waals surface area contributed by atoms with Crippen molar-refractivity contribution in [2.24, 2.45) is 0 Å². The molecule has 1 heterocycles. The van der Waals surface area contributed by atoms with Crippen molar-refractivity contribution in [3.05, 3.63) is 43.0 Å². The summed E-state index contributed by atoms with van der Waals surface area (Å²) in [6, 6.07) is 6.00. The zero-order chi connectivity index (χ0) is 11.1. The smallest absolute Gasteiger partial charge is 0.115 e. The van der Waals surface area contributed by atoms with Crippen molar-refractivity contribution in [1.82, 2.24) is 9.97 Å². The van der Waals surface area contributed by atoms with Crippen LogP contribution in [0.5, 0.6) is 11.5 Å². The Morgan fingerprint density at radius 2 is 1.69 bits per heavy atom. The zero-order valence-electron chi connectivity index (χ0n) is 7.78. The Bertz CT molecular complexity index is 388. The topological polar surface area (TPSA) is 66.2 Å². The van der Waals surface area contributed by atoms with Crippen molar-refractivity contribution < 1.29 is 10.2 Å². The summed E-state index contributed by atoms with van der Waals surface area (Å²) < 4.78 is 0. The standard InChI is InChI=1S/C6H6O2S.C4H4N2.Na.H/c7-4-1-2-6(9)5(8)3-4;1-2-5-4-6-3-1;;/h1-3,7-9H;1-4H;;. The molecule has 0 aliphatic rings. The van der Waals surface area contributed by atoms with Gasteiger partial charge in [-0.05, 0) is 18.2 Å². The monoisotopic (exact) mass is 246 g/mol. The second-order valence-electron chi connectivity index (χ2n) is 2.58. The van der Waals surface area contributed by atoms with Crippen LogP contribution in [-0.2, 0) is 0 Å². The number of thiol groups is 1. The van der Waals surface area contributed by atoms with Crippen LogP contribution in [0.25, 0.3) is 0 Å². The van der Waals surface area contributed by atoms with Gasteiger partial charge in [0.25, 0.3) is 0 Å². The number of aromatic nitrogens is 2. The Labute approximate surface area is 121 Å². The molecule has 0 fully saturated rings. The minimum atomic E-state index is -0.00154. The fourth-order valence-electron chi connectivity index (χ4n) is 0.765. The van der Waals surface area contributed by atoms with Crippen molar-refractivity contribution in [2.75, 3.05) is 0 Å². The first-order valence-corrected chi connectivity index (χ1v) is 4.56. The first-order chi connectivity index (χ1) is 7.20. The minimum Gasteiger partial charge on any atom is -0.245 e. The summed E-state index contributed by atoms with van der Waals surface area (Å²) in [5, 5.41) is 17.6. The van der Waals surface area contributed by atoms with Crippen molar-refractivity contribution in [1.29, 1.82) is 0 Å². The second kappa shape index (κ2) is 8.41. The van der Waals surface area contributed by atoms with E-state index in [0.29, 0.717) is 4.90 Å². The Hall–Kier alpha value is -0.750. The Morgan fingerprint density at radius 3 is 2.00 bits per heavy atom. The molecule has 4 nitrogen and oxygen atoms in total. The van der Waals surface area contributed by atoms with Gasteiger partial charge in [-0.25, -0.2) is 9.97 Å². The normalized spacial score (nSPS) is 8.31. The zero-order valence-corrected chi connectivity index (χ0v) is 8.67. The SMILES string of the molecule is Oc1ccc(S)c(O)c1.[NaH].c1cncnc1. The van der Waals surface area contributed by atoms with E-state index in [4.69, 9.17) is 10.2 Å². The molecule has 2 rings (SSSR count). The number of phenols is 2. The molecule has 0 amide bonds. The average Bonchev–Trinajstić information content (AvgIpc) is 2.27. The van der Waals surface area contributed by atoms with Gasteiger partial charge < -0.3 is 10.2 Å². The molecule has 2 N–H and O–H groups in total. The molecule has 16 heavy (non-hydrogen) atoms.